The Balaban J connectivity index is 1.89. The van der Waals surface area contributed by atoms with Gasteiger partial charge in [-0.1, -0.05) is 11.3 Å². The van der Waals surface area contributed by atoms with E-state index >= 15 is 0 Å². The molecular formula is C12H8BrN3O2S. The molecule has 0 unspecified atom stereocenters. The zero-order valence-corrected chi connectivity index (χ0v) is 11.9. The van der Waals surface area contributed by atoms with Gasteiger partial charge in [0.15, 0.2) is 10.9 Å². The number of carbonyl (C=O) groups excluding carboxylic acids is 1. The van der Waals surface area contributed by atoms with Crippen molar-refractivity contribution in [2.45, 2.75) is 0 Å². The molecule has 0 bridgehead atoms. The molecule has 0 saturated carbocycles. The lowest BCUT2D eigenvalue weighted by atomic mass is 10.2. The third-order valence-electron chi connectivity index (χ3n) is 2.46. The van der Waals surface area contributed by atoms with E-state index in [9.17, 15) is 4.79 Å². The van der Waals surface area contributed by atoms with Crippen molar-refractivity contribution < 1.29 is 9.21 Å². The van der Waals surface area contributed by atoms with Crippen molar-refractivity contribution in [1.82, 2.24) is 4.98 Å². The molecule has 0 spiro atoms. The average molecular weight is 338 g/mol. The van der Waals surface area contributed by atoms with E-state index in [1.54, 1.807) is 30.5 Å². The number of anilines is 2. The van der Waals surface area contributed by atoms with Crippen molar-refractivity contribution in [3.8, 4) is 0 Å². The molecule has 0 fully saturated rings. The van der Waals surface area contributed by atoms with Gasteiger partial charge in [-0.05, 0) is 40.2 Å². The third kappa shape index (κ3) is 2.47. The number of benzene rings is 1. The first kappa shape index (κ1) is 12.2. The van der Waals surface area contributed by atoms with Crippen molar-refractivity contribution in [2.24, 2.45) is 0 Å². The second-order valence-corrected chi connectivity index (χ2v) is 6.24. The molecule has 0 saturated heterocycles. The van der Waals surface area contributed by atoms with E-state index in [-0.39, 0.29) is 11.7 Å². The molecule has 19 heavy (non-hydrogen) atoms. The fourth-order valence-corrected chi connectivity index (χ4v) is 2.75. The van der Waals surface area contributed by atoms with Crippen LogP contribution in [0.1, 0.15) is 10.6 Å². The van der Waals surface area contributed by atoms with Crippen LogP contribution < -0.4 is 11.1 Å². The van der Waals surface area contributed by atoms with E-state index < -0.39 is 0 Å². The molecule has 0 radical (unpaired) electrons. The number of fused-ring (bicyclic) bond motifs is 1. The van der Waals surface area contributed by atoms with Gasteiger partial charge in [-0.2, -0.15) is 0 Å². The Kier molecular flexibility index (Phi) is 3.00. The second-order valence-electron chi connectivity index (χ2n) is 3.83. The average Bonchev–Trinajstić information content (AvgIpc) is 2.95. The Morgan fingerprint density at radius 1 is 1.42 bits per heavy atom. The minimum absolute atomic E-state index is 0.229. The first-order chi connectivity index (χ1) is 9.11. The molecule has 0 aliphatic heterocycles. The summed E-state index contributed by atoms with van der Waals surface area (Å²) in [4.78, 5) is 16.0. The Morgan fingerprint density at radius 3 is 3.00 bits per heavy atom. The van der Waals surface area contributed by atoms with E-state index in [1.165, 1.54) is 11.3 Å². The zero-order valence-electron chi connectivity index (χ0n) is 9.51. The minimum Gasteiger partial charge on any atom is -0.451 e. The van der Waals surface area contributed by atoms with Gasteiger partial charge in [0.25, 0.3) is 5.91 Å². The monoisotopic (exact) mass is 337 g/mol. The standard InChI is InChI=1S/C12H8BrN3O2S/c13-10-5-15-12(19-10)16-11(17)9-4-6-3-7(14)1-2-8(6)18-9/h1-5H,14H2,(H,15,16,17). The molecule has 3 rings (SSSR count). The molecule has 0 aliphatic rings. The predicted octanol–water partition coefficient (Wildman–Crippen LogP) is 3.49. The maximum absolute atomic E-state index is 12.0. The smallest absolute Gasteiger partial charge is 0.293 e. The number of nitrogen functional groups attached to an aromatic ring is 1. The predicted molar refractivity (Wildman–Crippen MR) is 78.4 cm³/mol. The summed E-state index contributed by atoms with van der Waals surface area (Å²) in [5.74, 6) is -0.108. The zero-order chi connectivity index (χ0) is 13.4. The van der Waals surface area contributed by atoms with Crippen LogP contribution >= 0.6 is 27.3 Å². The number of furan rings is 1. The lowest BCUT2D eigenvalue weighted by Gasteiger charge is -1.96. The largest absolute Gasteiger partial charge is 0.451 e. The van der Waals surface area contributed by atoms with Gasteiger partial charge in [0.1, 0.15) is 5.58 Å². The molecule has 3 aromatic rings. The summed E-state index contributed by atoms with van der Waals surface area (Å²) in [6.45, 7) is 0. The highest BCUT2D eigenvalue weighted by Gasteiger charge is 2.14. The highest BCUT2D eigenvalue weighted by molar-refractivity contribution is 9.11. The quantitative estimate of drug-likeness (QED) is 0.701. The normalized spacial score (nSPS) is 10.8. The van der Waals surface area contributed by atoms with Crippen molar-refractivity contribution in [3.05, 3.63) is 40.0 Å². The van der Waals surface area contributed by atoms with Gasteiger partial charge in [-0.25, -0.2) is 4.98 Å². The Labute approximate surface area is 120 Å². The number of aromatic nitrogens is 1. The summed E-state index contributed by atoms with van der Waals surface area (Å²) >= 11 is 4.61. The summed E-state index contributed by atoms with van der Waals surface area (Å²) in [5.41, 5.74) is 6.93. The van der Waals surface area contributed by atoms with Gasteiger partial charge in [-0.3, -0.25) is 10.1 Å². The highest BCUT2D eigenvalue weighted by Crippen LogP contribution is 2.25. The fraction of sp³-hybridized carbons (Fsp3) is 0. The van der Waals surface area contributed by atoms with Crippen LogP contribution in [-0.2, 0) is 0 Å². The number of hydrogen-bond acceptors (Lipinski definition) is 5. The number of nitrogens with one attached hydrogen (secondary N) is 1. The van der Waals surface area contributed by atoms with Gasteiger partial charge in [-0.15, -0.1) is 0 Å². The number of amides is 1. The molecule has 7 heteroatoms. The second kappa shape index (κ2) is 4.67. The molecule has 2 heterocycles. The molecule has 0 atom stereocenters. The van der Waals surface area contributed by atoms with Crippen LogP contribution in [0.3, 0.4) is 0 Å². The van der Waals surface area contributed by atoms with Gasteiger partial charge < -0.3 is 10.2 Å². The maximum atomic E-state index is 12.0. The van der Waals surface area contributed by atoms with E-state index in [4.69, 9.17) is 10.2 Å². The number of rotatable bonds is 2. The van der Waals surface area contributed by atoms with Crippen LogP contribution in [-0.4, -0.2) is 10.9 Å². The summed E-state index contributed by atoms with van der Waals surface area (Å²) < 4.78 is 6.31. The minimum atomic E-state index is -0.336. The number of nitrogens with zero attached hydrogens (tertiary/aromatic N) is 1. The lowest BCUT2D eigenvalue weighted by Crippen LogP contribution is -2.10. The lowest BCUT2D eigenvalue weighted by molar-refractivity contribution is 0.0998. The van der Waals surface area contributed by atoms with Gasteiger partial charge in [0.2, 0.25) is 0 Å². The van der Waals surface area contributed by atoms with Gasteiger partial charge in [0, 0.05) is 11.1 Å². The molecule has 5 nitrogen and oxygen atoms in total. The number of hydrogen-bond donors (Lipinski definition) is 2. The number of halogens is 1. The molecule has 2 aromatic heterocycles. The summed E-state index contributed by atoms with van der Waals surface area (Å²) in [6.07, 6.45) is 1.62. The Bertz CT molecular complexity index is 765. The van der Waals surface area contributed by atoms with Crippen LogP contribution in [0, 0.1) is 0 Å². The maximum Gasteiger partial charge on any atom is 0.293 e. The third-order valence-corrected chi connectivity index (χ3v) is 3.85. The number of thiazole rings is 1. The Hall–Kier alpha value is -1.86. The van der Waals surface area contributed by atoms with Crippen LogP contribution in [0.5, 0.6) is 0 Å². The van der Waals surface area contributed by atoms with Crippen LogP contribution in [0.25, 0.3) is 11.0 Å². The molecule has 0 aliphatic carbocycles. The highest BCUT2D eigenvalue weighted by atomic mass is 79.9. The van der Waals surface area contributed by atoms with Crippen LogP contribution in [0.2, 0.25) is 0 Å². The van der Waals surface area contributed by atoms with Crippen LogP contribution in [0.15, 0.2) is 38.7 Å². The summed E-state index contributed by atoms with van der Waals surface area (Å²) in [5, 5.41) is 3.98. The number of carbonyl (C=O) groups is 1. The van der Waals surface area contributed by atoms with E-state index in [2.05, 4.69) is 26.2 Å². The first-order valence-corrected chi connectivity index (χ1v) is 6.94. The molecule has 1 amide bonds. The van der Waals surface area contributed by atoms with E-state index in [0.29, 0.717) is 16.4 Å². The van der Waals surface area contributed by atoms with Gasteiger partial charge in [0.05, 0.1) is 9.98 Å². The molecule has 1 aromatic carbocycles. The summed E-state index contributed by atoms with van der Waals surface area (Å²) in [6, 6.07) is 6.88. The van der Waals surface area contributed by atoms with Crippen molar-refractivity contribution in [2.75, 3.05) is 11.1 Å². The molecule has 96 valence electrons. The van der Waals surface area contributed by atoms with E-state index in [1.807, 2.05) is 0 Å². The first-order valence-electron chi connectivity index (χ1n) is 5.33. The van der Waals surface area contributed by atoms with Crippen molar-refractivity contribution in [3.63, 3.8) is 0 Å². The SMILES string of the molecule is Nc1ccc2oc(C(=O)Nc3ncc(Br)s3)cc2c1. The van der Waals surface area contributed by atoms with Crippen molar-refractivity contribution in [1.29, 1.82) is 0 Å². The van der Waals surface area contributed by atoms with Crippen LogP contribution in [0.4, 0.5) is 10.8 Å². The summed E-state index contributed by atoms with van der Waals surface area (Å²) in [7, 11) is 0. The van der Waals surface area contributed by atoms with Gasteiger partial charge >= 0.3 is 0 Å². The topological polar surface area (TPSA) is 81.1 Å². The Morgan fingerprint density at radius 2 is 2.26 bits per heavy atom. The number of nitrogens with two attached hydrogens (primary N) is 1. The fourth-order valence-electron chi connectivity index (χ4n) is 1.64. The molecule has 3 N–H and O–H groups in total. The van der Waals surface area contributed by atoms with E-state index in [0.717, 1.165) is 9.17 Å². The van der Waals surface area contributed by atoms with Crippen molar-refractivity contribution >= 4 is 55.0 Å². The molecular weight excluding hydrogens is 330 g/mol.